The van der Waals surface area contributed by atoms with Crippen LogP contribution in [-0.4, -0.2) is 26.7 Å². The molecule has 0 radical (unpaired) electrons. The molecular formula is C18H20FNO3. The van der Waals surface area contributed by atoms with Gasteiger partial charge in [-0.2, -0.15) is 0 Å². The quantitative estimate of drug-likeness (QED) is 0.854. The number of carbonyl (C=O) groups excluding carboxylic acids is 1. The third kappa shape index (κ3) is 4.98. The first-order valence-corrected chi connectivity index (χ1v) is 7.34. The summed E-state index contributed by atoms with van der Waals surface area (Å²) in [7, 11) is 3.22. The Kier molecular flexibility index (Phi) is 5.97. The minimum atomic E-state index is -0.306. The van der Waals surface area contributed by atoms with Crippen LogP contribution in [0.5, 0.6) is 11.5 Å². The lowest BCUT2D eigenvalue weighted by Crippen LogP contribution is -2.27. The van der Waals surface area contributed by atoms with Crippen molar-refractivity contribution in [2.45, 2.75) is 12.8 Å². The largest absolute Gasteiger partial charge is 0.497 e. The first-order valence-electron chi connectivity index (χ1n) is 7.34. The van der Waals surface area contributed by atoms with Crippen LogP contribution < -0.4 is 14.8 Å². The van der Waals surface area contributed by atoms with Crippen molar-refractivity contribution in [3.8, 4) is 11.5 Å². The average Bonchev–Trinajstić information content (AvgIpc) is 2.57. The second-order valence-electron chi connectivity index (χ2n) is 5.08. The fourth-order valence-corrected chi connectivity index (χ4v) is 2.26. The Balaban J connectivity index is 1.86. The molecule has 2 aromatic carbocycles. The van der Waals surface area contributed by atoms with Crippen LogP contribution >= 0.6 is 0 Å². The molecule has 0 spiro atoms. The Labute approximate surface area is 135 Å². The molecule has 23 heavy (non-hydrogen) atoms. The minimum absolute atomic E-state index is 0.0986. The first kappa shape index (κ1) is 16.8. The van der Waals surface area contributed by atoms with Gasteiger partial charge in [-0.3, -0.25) is 4.79 Å². The number of methoxy groups -OCH3 is 2. The van der Waals surface area contributed by atoms with E-state index in [4.69, 9.17) is 9.47 Å². The Morgan fingerprint density at radius 2 is 1.83 bits per heavy atom. The molecule has 0 bridgehead atoms. The van der Waals surface area contributed by atoms with Gasteiger partial charge in [0.15, 0.2) is 0 Å². The van der Waals surface area contributed by atoms with Gasteiger partial charge in [0.2, 0.25) is 5.91 Å². The van der Waals surface area contributed by atoms with E-state index in [1.54, 1.807) is 26.4 Å². The zero-order valence-electron chi connectivity index (χ0n) is 13.3. The number of benzene rings is 2. The van der Waals surface area contributed by atoms with Gasteiger partial charge in [-0.1, -0.05) is 12.1 Å². The summed E-state index contributed by atoms with van der Waals surface area (Å²) in [6.07, 6.45) is 0.866. The molecule has 0 fully saturated rings. The molecule has 0 saturated heterocycles. The predicted molar refractivity (Wildman–Crippen MR) is 86.4 cm³/mol. The summed E-state index contributed by atoms with van der Waals surface area (Å²) in [5.41, 5.74) is 1.75. The van der Waals surface area contributed by atoms with Crippen LogP contribution in [0.4, 0.5) is 4.39 Å². The van der Waals surface area contributed by atoms with Gasteiger partial charge >= 0.3 is 0 Å². The van der Waals surface area contributed by atoms with E-state index in [1.165, 1.54) is 12.1 Å². The zero-order valence-corrected chi connectivity index (χ0v) is 13.3. The van der Waals surface area contributed by atoms with Crippen molar-refractivity contribution in [1.82, 2.24) is 5.32 Å². The molecule has 0 unspecified atom stereocenters. The maximum Gasteiger partial charge on any atom is 0.224 e. The molecule has 0 aliphatic rings. The number of hydrogen-bond acceptors (Lipinski definition) is 3. The van der Waals surface area contributed by atoms with Crippen LogP contribution in [0.2, 0.25) is 0 Å². The highest BCUT2D eigenvalue weighted by Crippen LogP contribution is 2.24. The fourth-order valence-electron chi connectivity index (χ4n) is 2.26. The summed E-state index contributed by atoms with van der Waals surface area (Å²) in [4.78, 5) is 11.9. The van der Waals surface area contributed by atoms with Crippen LogP contribution in [0.3, 0.4) is 0 Å². The summed E-state index contributed by atoms with van der Waals surface area (Å²) in [6, 6.07) is 11.5. The van der Waals surface area contributed by atoms with Gasteiger partial charge in [-0.15, -0.1) is 0 Å². The number of halogens is 1. The van der Waals surface area contributed by atoms with E-state index >= 15 is 0 Å². The molecule has 2 aromatic rings. The normalized spacial score (nSPS) is 10.2. The SMILES string of the molecule is COc1ccc(OC)c(CCNC(=O)Cc2ccc(F)cc2)c1. The highest BCUT2D eigenvalue weighted by Gasteiger charge is 2.07. The van der Waals surface area contributed by atoms with Crippen LogP contribution in [-0.2, 0) is 17.6 Å². The van der Waals surface area contributed by atoms with Crippen molar-refractivity contribution in [2.24, 2.45) is 0 Å². The summed E-state index contributed by atoms with van der Waals surface area (Å²) in [5.74, 6) is 1.11. The van der Waals surface area contributed by atoms with Crippen LogP contribution in [0.25, 0.3) is 0 Å². The van der Waals surface area contributed by atoms with E-state index in [0.717, 1.165) is 22.6 Å². The number of carbonyl (C=O) groups is 1. The molecule has 0 aromatic heterocycles. The van der Waals surface area contributed by atoms with Crippen molar-refractivity contribution < 1.29 is 18.7 Å². The summed E-state index contributed by atoms with van der Waals surface area (Å²) >= 11 is 0. The predicted octanol–water partition coefficient (Wildman–Crippen LogP) is 2.74. The van der Waals surface area contributed by atoms with E-state index in [1.807, 2.05) is 18.2 Å². The van der Waals surface area contributed by atoms with Gasteiger partial charge in [0.05, 0.1) is 20.6 Å². The third-order valence-corrected chi connectivity index (χ3v) is 3.48. The molecule has 5 heteroatoms. The molecule has 0 atom stereocenters. The van der Waals surface area contributed by atoms with Crippen LogP contribution in [0, 0.1) is 5.82 Å². The average molecular weight is 317 g/mol. The second kappa shape index (κ2) is 8.17. The van der Waals surface area contributed by atoms with Crippen molar-refractivity contribution in [2.75, 3.05) is 20.8 Å². The van der Waals surface area contributed by atoms with E-state index in [0.29, 0.717) is 13.0 Å². The molecule has 0 saturated carbocycles. The molecule has 0 aliphatic heterocycles. The van der Waals surface area contributed by atoms with Gasteiger partial charge in [0.25, 0.3) is 0 Å². The van der Waals surface area contributed by atoms with Crippen molar-refractivity contribution in [3.05, 3.63) is 59.4 Å². The zero-order chi connectivity index (χ0) is 16.7. The smallest absolute Gasteiger partial charge is 0.224 e. The highest BCUT2D eigenvalue weighted by molar-refractivity contribution is 5.78. The van der Waals surface area contributed by atoms with Gasteiger partial charge in [0.1, 0.15) is 17.3 Å². The number of amides is 1. The summed E-state index contributed by atoms with van der Waals surface area (Å²) in [5, 5.41) is 2.85. The first-order chi connectivity index (χ1) is 11.1. The lowest BCUT2D eigenvalue weighted by molar-refractivity contribution is -0.120. The third-order valence-electron chi connectivity index (χ3n) is 3.48. The maximum absolute atomic E-state index is 12.8. The number of hydrogen-bond donors (Lipinski definition) is 1. The Morgan fingerprint density at radius 1 is 1.09 bits per heavy atom. The minimum Gasteiger partial charge on any atom is -0.497 e. The highest BCUT2D eigenvalue weighted by atomic mass is 19.1. The summed E-state index contributed by atoms with van der Waals surface area (Å²) in [6.45, 7) is 0.490. The maximum atomic E-state index is 12.8. The molecule has 4 nitrogen and oxygen atoms in total. The van der Waals surface area contributed by atoms with Crippen LogP contribution in [0.1, 0.15) is 11.1 Å². The van der Waals surface area contributed by atoms with Crippen molar-refractivity contribution >= 4 is 5.91 Å². The van der Waals surface area contributed by atoms with E-state index in [2.05, 4.69) is 5.32 Å². The van der Waals surface area contributed by atoms with Gasteiger partial charge < -0.3 is 14.8 Å². The summed E-state index contributed by atoms with van der Waals surface area (Å²) < 4.78 is 23.3. The fraction of sp³-hybridized carbons (Fsp3) is 0.278. The van der Waals surface area contributed by atoms with Crippen molar-refractivity contribution in [1.29, 1.82) is 0 Å². The standard InChI is InChI=1S/C18H20FNO3/c1-22-16-7-8-17(23-2)14(12-16)9-10-20-18(21)11-13-3-5-15(19)6-4-13/h3-8,12H,9-11H2,1-2H3,(H,20,21). The topological polar surface area (TPSA) is 47.6 Å². The Morgan fingerprint density at radius 3 is 2.48 bits per heavy atom. The van der Waals surface area contributed by atoms with Gasteiger partial charge in [-0.05, 0) is 47.9 Å². The number of rotatable bonds is 7. The second-order valence-corrected chi connectivity index (χ2v) is 5.08. The lowest BCUT2D eigenvalue weighted by atomic mass is 10.1. The molecule has 1 amide bonds. The Hall–Kier alpha value is -2.56. The Bertz CT molecular complexity index is 656. The number of ether oxygens (including phenoxy) is 2. The molecule has 0 heterocycles. The van der Waals surface area contributed by atoms with Gasteiger partial charge in [-0.25, -0.2) is 4.39 Å². The molecular weight excluding hydrogens is 297 g/mol. The monoisotopic (exact) mass is 317 g/mol. The van der Waals surface area contributed by atoms with Crippen LogP contribution in [0.15, 0.2) is 42.5 Å². The lowest BCUT2D eigenvalue weighted by Gasteiger charge is -2.11. The van der Waals surface area contributed by atoms with E-state index < -0.39 is 0 Å². The molecule has 122 valence electrons. The van der Waals surface area contributed by atoms with Gasteiger partial charge in [0, 0.05) is 6.54 Å². The molecule has 0 aliphatic carbocycles. The molecule has 1 N–H and O–H groups in total. The molecule has 2 rings (SSSR count). The van der Waals surface area contributed by atoms with E-state index in [9.17, 15) is 9.18 Å². The van der Waals surface area contributed by atoms with E-state index in [-0.39, 0.29) is 18.1 Å². The van der Waals surface area contributed by atoms with Crippen molar-refractivity contribution in [3.63, 3.8) is 0 Å². The number of nitrogens with one attached hydrogen (secondary N) is 1.